The van der Waals surface area contributed by atoms with Gasteiger partial charge in [-0.05, 0) is 19.1 Å². The molecular formula is C14H13F3N4O3. The van der Waals surface area contributed by atoms with Gasteiger partial charge in [0.2, 0.25) is 0 Å². The molecule has 0 aliphatic carbocycles. The minimum atomic E-state index is -4.58. The molecule has 7 nitrogen and oxygen atoms in total. The molecule has 2 N–H and O–H groups in total. The normalized spacial score (nSPS) is 12.7. The van der Waals surface area contributed by atoms with Crippen LogP contribution in [0.4, 0.5) is 13.2 Å². The van der Waals surface area contributed by atoms with Gasteiger partial charge in [0.15, 0.2) is 5.69 Å². The molecule has 0 fully saturated rings. The molecule has 0 bridgehead atoms. The number of aliphatic carboxylic acids is 1. The third-order valence-electron chi connectivity index (χ3n) is 3.04. The van der Waals surface area contributed by atoms with Gasteiger partial charge in [0, 0.05) is 6.04 Å². The summed E-state index contributed by atoms with van der Waals surface area (Å²) in [5.41, 5.74) is -1.40. The van der Waals surface area contributed by atoms with E-state index in [2.05, 4.69) is 15.6 Å². The Hall–Kier alpha value is -2.91. The van der Waals surface area contributed by atoms with Crippen LogP contribution in [0.5, 0.6) is 0 Å². The lowest BCUT2D eigenvalue weighted by Crippen LogP contribution is -2.34. The van der Waals surface area contributed by atoms with E-state index in [0.29, 0.717) is 0 Å². The quantitative estimate of drug-likeness (QED) is 0.865. The number of para-hydroxylation sites is 1. The van der Waals surface area contributed by atoms with E-state index in [9.17, 15) is 22.8 Å². The van der Waals surface area contributed by atoms with Gasteiger partial charge in [0.1, 0.15) is 0 Å². The second-order valence-electron chi connectivity index (χ2n) is 5.04. The van der Waals surface area contributed by atoms with Crippen molar-refractivity contribution in [1.82, 2.24) is 20.3 Å². The van der Waals surface area contributed by atoms with Gasteiger partial charge in [0.05, 0.1) is 23.9 Å². The number of nitrogens with one attached hydrogen (secondary N) is 1. The van der Waals surface area contributed by atoms with E-state index >= 15 is 0 Å². The number of carbonyl (C=O) groups excluding carboxylic acids is 1. The summed E-state index contributed by atoms with van der Waals surface area (Å²) in [6.07, 6.45) is -3.83. The first-order chi connectivity index (χ1) is 11.2. The number of carboxylic acid groups (broad SMARTS) is 1. The fourth-order valence-corrected chi connectivity index (χ4v) is 2.01. The number of rotatable bonds is 5. The number of alkyl halides is 3. The summed E-state index contributed by atoms with van der Waals surface area (Å²) in [4.78, 5) is 22.5. The van der Waals surface area contributed by atoms with Crippen molar-refractivity contribution in [3.8, 4) is 5.69 Å². The first-order valence-electron chi connectivity index (χ1n) is 6.80. The van der Waals surface area contributed by atoms with Crippen LogP contribution in [-0.2, 0) is 11.0 Å². The molecule has 128 valence electrons. The smallest absolute Gasteiger partial charge is 0.418 e. The molecule has 2 aromatic rings. The average molecular weight is 342 g/mol. The maximum atomic E-state index is 13.0. The lowest BCUT2D eigenvalue weighted by molar-refractivity contribution is -0.138. The zero-order valence-corrected chi connectivity index (χ0v) is 12.4. The summed E-state index contributed by atoms with van der Waals surface area (Å²) in [5.74, 6) is -1.81. The number of hydrogen-bond donors (Lipinski definition) is 2. The number of carboxylic acids is 1. The predicted octanol–water partition coefficient (Wildman–Crippen LogP) is 1.88. The number of nitrogens with zero attached hydrogens (tertiary/aromatic N) is 3. The molecule has 1 unspecified atom stereocenters. The predicted molar refractivity (Wildman–Crippen MR) is 75.5 cm³/mol. The van der Waals surface area contributed by atoms with Gasteiger partial charge in [-0.15, -0.1) is 5.10 Å². The number of benzene rings is 1. The van der Waals surface area contributed by atoms with Crippen LogP contribution in [-0.4, -0.2) is 38.0 Å². The highest BCUT2D eigenvalue weighted by molar-refractivity contribution is 5.92. The molecule has 0 radical (unpaired) electrons. The third kappa shape index (κ3) is 4.09. The summed E-state index contributed by atoms with van der Waals surface area (Å²) in [7, 11) is 0. The van der Waals surface area contributed by atoms with Crippen LogP contribution in [0, 0.1) is 0 Å². The maximum absolute atomic E-state index is 13.0. The second kappa shape index (κ2) is 6.69. The van der Waals surface area contributed by atoms with Crippen molar-refractivity contribution in [2.75, 3.05) is 0 Å². The Bertz CT molecular complexity index is 758. The standard InChI is InChI=1S/C14H13F3N4O3/c1-8(6-12(22)23)18-13(24)10-7-21(20-19-10)11-5-3-2-4-9(11)14(15,16)17/h2-5,7-8H,6H2,1H3,(H,18,24)(H,22,23). The Labute approximate surface area is 134 Å². The van der Waals surface area contributed by atoms with Crippen molar-refractivity contribution in [2.24, 2.45) is 0 Å². The van der Waals surface area contributed by atoms with Gasteiger partial charge in [-0.1, -0.05) is 17.3 Å². The molecule has 1 heterocycles. The second-order valence-corrected chi connectivity index (χ2v) is 5.04. The van der Waals surface area contributed by atoms with Crippen molar-refractivity contribution >= 4 is 11.9 Å². The summed E-state index contributed by atoms with van der Waals surface area (Å²) in [6.45, 7) is 1.48. The highest BCUT2D eigenvalue weighted by Crippen LogP contribution is 2.33. The molecule has 0 saturated heterocycles. The lowest BCUT2D eigenvalue weighted by Gasteiger charge is -2.11. The molecule has 0 saturated carbocycles. The first-order valence-corrected chi connectivity index (χ1v) is 6.80. The zero-order chi connectivity index (χ0) is 17.9. The summed E-state index contributed by atoms with van der Waals surface area (Å²) in [6, 6.07) is 4.08. The number of carbonyl (C=O) groups is 2. The Morgan fingerprint density at radius 1 is 1.33 bits per heavy atom. The van der Waals surface area contributed by atoms with E-state index in [4.69, 9.17) is 5.11 Å². The van der Waals surface area contributed by atoms with Crippen molar-refractivity contribution < 1.29 is 27.9 Å². The van der Waals surface area contributed by atoms with Gasteiger partial charge in [-0.3, -0.25) is 9.59 Å². The van der Waals surface area contributed by atoms with Crippen LogP contribution >= 0.6 is 0 Å². The Kier molecular flexibility index (Phi) is 4.86. The third-order valence-corrected chi connectivity index (χ3v) is 3.04. The summed E-state index contributed by atoms with van der Waals surface area (Å²) < 4.78 is 39.8. The van der Waals surface area contributed by atoms with Crippen molar-refractivity contribution in [1.29, 1.82) is 0 Å². The van der Waals surface area contributed by atoms with E-state index in [0.717, 1.165) is 16.9 Å². The van der Waals surface area contributed by atoms with Crippen LogP contribution in [0.15, 0.2) is 30.5 Å². The molecular weight excluding hydrogens is 329 g/mol. The fraction of sp³-hybridized carbons (Fsp3) is 0.286. The molecule has 1 atom stereocenters. The molecule has 0 spiro atoms. The molecule has 0 aliphatic rings. The van der Waals surface area contributed by atoms with E-state index in [1.165, 1.54) is 25.1 Å². The first kappa shape index (κ1) is 17.4. The number of halogens is 3. The molecule has 2 rings (SSSR count). The average Bonchev–Trinajstić information content (AvgIpc) is 2.95. The monoisotopic (exact) mass is 342 g/mol. The van der Waals surface area contributed by atoms with Gasteiger partial charge < -0.3 is 10.4 Å². The van der Waals surface area contributed by atoms with Crippen molar-refractivity contribution in [2.45, 2.75) is 25.6 Å². The molecule has 24 heavy (non-hydrogen) atoms. The zero-order valence-electron chi connectivity index (χ0n) is 12.4. The maximum Gasteiger partial charge on any atom is 0.418 e. The van der Waals surface area contributed by atoms with E-state index in [1.807, 2.05) is 0 Å². The van der Waals surface area contributed by atoms with Crippen molar-refractivity contribution in [3.05, 3.63) is 41.7 Å². The number of hydrogen-bond acceptors (Lipinski definition) is 4. The van der Waals surface area contributed by atoms with Gasteiger partial charge >= 0.3 is 12.1 Å². The van der Waals surface area contributed by atoms with Crippen LogP contribution in [0.1, 0.15) is 29.4 Å². The summed E-state index contributed by atoms with van der Waals surface area (Å²) in [5, 5.41) is 18.1. The minimum absolute atomic E-state index is 0.218. The van der Waals surface area contributed by atoms with E-state index in [1.54, 1.807) is 0 Å². The molecule has 1 aromatic heterocycles. The molecule has 1 aromatic carbocycles. The van der Waals surface area contributed by atoms with E-state index in [-0.39, 0.29) is 17.8 Å². The van der Waals surface area contributed by atoms with Crippen molar-refractivity contribution in [3.63, 3.8) is 0 Å². The van der Waals surface area contributed by atoms with Crippen LogP contribution in [0.25, 0.3) is 5.69 Å². The SMILES string of the molecule is CC(CC(=O)O)NC(=O)c1cn(-c2ccccc2C(F)(F)F)nn1. The van der Waals surface area contributed by atoms with Gasteiger partial charge in [-0.2, -0.15) is 13.2 Å². The number of aromatic nitrogens is 3. The molecule has 0 aliphatic heterocycles. The fourth-order valence-electron chi connectivity index (χ4n) is 2.01. The minimum Gasteiger partial charge on any atom is -0.481 e. The van der Waals surface area contributed by atoms with Crippen LogP contribution in [0.2, 0.25) is 0 Å². The summed E-state index contributed by atoms with van der Waals surface area (Å²) >= 11 is 0. The highest BCUT2D eigenvalue weighted by Gasteiger charge is 2.34. The Morgan fingerprint density at radius 2 is 2.00 bits per heavy atom. The van der Waals surface area contributed by atoms with Gasteiger partial charge in [-0.25, -0.2) is 4.68 Å². The van der Waals surface area contributed by atoms with Crippen LogP contribution < -0.4 is 5.32 Å². The molecule has 10 heteroatoms. The Morgan fingerprint density at radius 3 is 2.62 bits per heavy atom. The Balaban J connectivity index is 2.23. The largest absolute Gasteiger partial charge is 0.481 e. The molecule has 1 amide bonds. The topological polar surface area (TPSA) is 97.1 Å². The highest BCUT2D eigenvalue weighted by atomic mass is 19.4. The van der Waals surface area contributed by atoms with Gasteiger partial charge in [0.25, 0.3) is 5.91 Å². The van der Waals surface area contributed by atoms with E-state index < -0.39 is 29.7 Å². The number of amides is 1. The van der Waals surface area contributed by atoms with Crippen LogP contribution in [0.3, 0.4) is 0 Å². The lowest BCUT2D eigenvalue weighted by atomic mass is 10.1.